The van der Waals surface area contributed by atoms with Crippen LogP contribution in [0, 0.1) is 5.82 Å². The van der Waals surface area contributed by atoms with Crippen LogP contribution in [-0.4, -0.2) is 22.1 Å². The smallest absolute Gasteiger partial charge is 0.129 e. The van der Waals surface area contributed by atoms with Gasteiger partial charge in [-0.05, 0) is 23.8 Å². The van der Waals surface area contributed by atoms with E-state index in [1.54, 1.807) is 42.5 Å². The van der Waals surface area contributed by atoms with Gasteiger partial charge in [-0.15, -0.1) is 0 Å². The molecule has 0 aliphatic rings. The Balaban J connectivity index is 1.98. The van der Waals surface area contributed by atoms with Gasteiger partial charge < -0.3 is 14.9 Å². The van der Waals surface area contributed by atoms with Crippen LogP contribution in [0.15, 0.2) is 48.5 Å². The molecular formula is C16H17FO3S. The summed E-state index contributed by atoms with van der Waals surface area (Å²) in [5, 5.41) is 19.4. The minimum atomic E-state index is -0.983. The second-order valence-corrected chi connectivity index (χ2v) is 5.01. The average molecular weight is 308 g/mol. The largest absolute Gasteiger partial charge is 0.489 e. The molecule has 2 atom stereocenters. The van der Waals surface area contributed by atoms with Gasteiger partial charge in [0.05, 0.1) is 6.10 Å². The lowest BCUT2D eigenvalue weighted by Gasteiger charge is -2.16. The maximum absolute atomic E-state index is 13.4. The maximum Gasteiger partial charge on any atom is 0.129 e. The number of ether oxygens (including phenoxy) is 1. The molecule has 0 heterocycles. The summed E-state index contributed by atoms with van der Waals surface area (Å²) in [6.07, 6.45) is -1.90. The van der Waals surface area contributed by atoms with Crippen LogP contribution < -0.4 is 4.74 Å². The third-order valence-electron chi connectivity index (χ3n) is 3.13. The Morgan fingerprint density at radius 1 is 1.05 bits per heavy atom. The number of thiol groups is 1. The Morgan fingerprint density at radius 2 is 1.71 bits per heavy atom. The molecule has 21 heavy (non-hydrogen) atoms. The first kappa shape index (κ1) is 15.8. The molecule has 0 fully saturated rings. The second kappa shape index (κ2) is 7.45. The lowest BCUT2D eigenvalue weighted by molar-refractivity contribution is 0.0337. The zero-order valence-corrected chi connectivity index (χ0v) is 12.2. The fourth-order valence-corrected chi connectivity index (χ4v) is 2.06. The van der Waals surface area contributed by atoms with Crippen molar-refractivity contribution in [2.24, 2.45) is 0 Å². The molecule has 2 unspecified atom stereocenters. The highest BCUT2D eigenvalue weighted by Crippen LogP contribution is 2.21. The highest BCUT2D eigenvalue weighted by molar-refractivity contribution is 7.80. The summed E-state index contributed by atoms with van der Waals surface area (Å²) < 4.78 is 18.9. The number of aliphatic hydroxyl groups excluding tert-OH is 2. The fraction of sp³-hybridized carbons (Fsp3) is 0.250. The monoisotopic (exact) mass is 308 g/mol. The Bertz CT molecular complexity index is 574. The van der Waals surface area contributed by atoms with Crippen molar-refractivity contribution in [1.82, 2.24) is 0 Å². The first-order chi connectivity index (χ1) is 10.1. The SMILES string of the molecule is OC(CS)C(O)c1ccc(OCc2ccccc2F)cc1. The lowest BCUT2D eigenvalue weighted by Crippen LogP contribution is -2.19. The molecule has 3 nitrogen and oxygen atoms in total. The molecule has 0 radical (unpaired) electrons. The van der Waals surface area contributed by atoms with Gasteiger partial charge in [-0.2, -0.15) is 12.6 Å². The molecule has 0 spiro atoms. The Morgan fingerprint density at radius 3 is 2.33 bits per heavy atom. The van der Waals surface area contributed by atoms with Crippen LogP contribution in [0.2, 0.25) is 0 Å². The summed E-state index contributed by atoms with van der Waals surface area (Å²) in [6, 6.07) is 13.1. The van der Waals surface area contributed by atoms with E-state index in [2.05, 4.69) is 12.6 Å². The Kier molecular flexibility index (Phi) is 5.61. The van der Waals surface area contributed by atoms with Crippen LogP contribution >= 0.6 is 12.6 Å². The maximum atomic E-state index is 13.4. The number of hydrogen-bond donors (Lipinski definition) is 3. The van der Waals surface area contributed by atoms with Crippen molar-refractivity contribution in [3.8, 4) is 5.75 Å². The van der Waals surface area contributed by atoms with E-state index >= 15 is 0 Å². The number of benzene rings is 2. The molecular weight excluding hydrogens is 291 g/mol. The third kappa shape index (κ3) is 4.20. The molecule has 2 aromatic rings. The fourth-order valence-electron chi connectivity index (χ4n) is 1.86. The van der Waals surface area contributed by atoms with E-state index in [1.807, 2.05) is 0 Å². The van der Waals surface area contributed by atoms with Crippen molar-refractivity contribution in [3.05, 3.63) is 65.5 Å². The van der Waals surface area contributed by atoms with Gasteiger partial charge in [0.1, 0.15) is 24.3 Å². The van der Waals surface area contributed by atoms with Crippen LogP contribution in [0.5, 0.6) is 5.75 Å². The van der Waals surface area contributed by atoms with Crippen LogP contribution in [0.1, 0.15) is 17.2 Å². The lowest BCUT2D eigenvalue weighted by atomic mass is 10.1. The van der Waals surface area contributed by atoms with Gasteiger partial charge in [0.15, 0.2) is 0 Å². The molecule has 0 amide bonds. The van der Waals surface area contributed by atoms with E-state index in [4.69, 9.17) is 4.74 Å². The number of halogens is 1. The molecule has 0 aromatic heterocycles. The van der Waals surface area contributed by atoms with E-state index in [-0.39, 0.29) is 18.2 Å². The van der Waals surface area contributed by atoms with E-state index in [1.165, 1.54) is 6.07 Å². The van der Waals surface area contributed by atoms with Crippen LogP contribution in [0.3, 0.4) is 0 Å². The van der Waals surface area contributed by atoms with Crippen molar-refractivity contribution in [3.63, 3.8) is 0 Å². The molecule has 0 saturated carbocycles. The van der Waals surface area contributed by atoms with Crippen molar-refractivity contribution in [2.75, 3.05) is 5.75 Å². The van der Waals surface area contributed by atoms with Gasteiger partial charge in [0.2, 0.25) is 0 Å². The summed E-state index contributed by atoms with van der Waals surface area (Å²) >= 11 is 3.94. The van der Waals surface area contributed by atoms with Gasteiger partial charge in [-0.25, -0.2) is 4.39 Å². The minimum Gasteiger partial charge on any atom is -0.489 e. The van der Waals surface area contributed by atoms with Crippen LogP contribution in [0.25, 0.3) is 0 Å². The van der Waals surface area contributed by atoms with Crippen molar-refractivity contribution in [1.29, 1.82) is 0 Å². The van der Waals surface area contributed by atoms with Crippen molar-refractivity contribution >= 4 is 12.6 Å². The van der Waals surface area contributed by atoms with E-state index in [0.29, 0.717) is 16.9 Å². The molecule has 2 aromatic carbocycles. The molecule has 0 bridgehead atoms. The van der Waals surface area contributed by atoms with Crippen molar-refractivity contribution < 1.29 is 19.3 Å². The molecule has 112 valence electrons. The molecule has 0 saturated heterocycles. The van der Waals surface area contributed by atoms with Crippen LogP contribution in [-0.2, 0) is 6.61 Å². The number of hydrogen-bond acceptors (Lipinski definition) is 4. The van der Waals surface area contributed by atoms with Gasteiger partial charge in [-0.3, -0.25) is 0 Å². The number of aliphatic hydroxyl groups is 2. The first-order valence-corrected chi connectivity index (χ1v) is 7.18. The molecule has 0 aliphatic heterocycles. The number of rotatable bonds is 6. The Labute approximate surface area is 128 Å². The highest BCUT2D eigenvalue weighted by Gasteiger charge is 2.16. The minimum absolute atomic E-state index is 0.133. The normalized spacial score (nSPS) is 13.7. The van der Waals surface area contributed by atoms with Crippen LogP contribution in [0.4, 0.5) is 4.39 Å². The topological polar surface area (TPSA) is 49.7 Å². The summed E-state index contributed by atoms with van der Waals surface area (Å²) in [5.74, 6) is 0.434. The average Bonchev–Trinajstić information content (AvgIpc) is 2.53. The summed E-state index contributed by atoms with van der Waals surface area (Å²) in [6.45, 7) is 0.133. The first-order valence-electron chi connectivity index (χ1n) is 6.55. The van der Waals surface area contributed by atoms with E-state index in [0.717, 1.165) is 0 Å². The standard InChI is InChI=1S/C16H17FO3S/c17-14-4-2-1-3-12(14)9-20-13-7-5-11(6-8-13)16(19)15(18)10-21/h1-8,15-16,18-19,21H,9-10H2. The molecule has 5 heteroatoms. The zero-order chi connectivity index (χ0) is 15.2. The summed E-state index contributed by atoms with van der Waals surface area (Å²) in [7, 11) is 0. The van der Waals surface area contributed by atoms with Gasteiger partial charge >= 0.3 is 0 Å². The highest BCUT2D eigenvalue weighted by atomic mass is 32.1. The third-order valence-corrected chi connectivity index (χ3v) is 3.50. The molecule has 2 rings (SSSR count). The van der Waals surface area contributed by atoms with Gasteiger partial charge in [-0.1, -0.05) is 30.3 Å². The van der Waals surface area contributed by atoms with E-state index < -0.39 is 12.2 Å². The van der Waals surface area contributed by atoms with Crippen molar-refractivity contribution in [2.45, 2.75) is 18.8 Å². The summed E-state index contributed by atoms with van der Waals surface area (Å²) in [4.78, 5) is 0. The van der Waals surface area contributed by atoms with Gasteiger partial charge in [0.25, 0.3) is 0 Å². The summed E-state index contributed by atoms with van der Waals surface area (Å²) in [5.41, 5.74) is 1.06. The molecule has 0 aliphatic carbocycles. The predicted octanol–water partition coefficient (Wildman–Crippen LogP) is 2.73. The zero-order valence-electron chi connectivity index (χ0n) is 11.3. The predicted molar refractivity (Wildman–Crippen MR) is 82.0 cm³/mol. The molecule has 2 N–H and O–H groups in total. The Hall–Kier alpha value is -1.56. The van der Waals surface area contributed by atoms with E-state index in [9.17, 15) is 14.6 Å². The second-order valence-electron chi connectivity index (χ2n) is 4.64. The quantitative estimate of drug-likeness (QED) is 0.719. The van der Waals surface area contributed by atoms with Gasteiger partial charge in [0, 0.05) is 11.3 Å².